The predicted octanol–water partition coefficient (Wildman–Crippen LogP) is 2.85. The molecule has 0 unspecified atom stereocenters. The number of hydrogen-bond acceptors (Lipinski definition) is 5. The molecule has 1 saturated heterocycles. The lowest BCUT2D eigenvalue weighted by molar-refractivity contribution is -0.134. The van der Waals surface area contributed by atoms with Gasteiger partial charge in [-0.15, -0.1) is 11.3 Å². The van der Waals surface area contributed by atoms with E-state index in [1.54, 1.807) is 16.2 Å². The fourth-order valence-electron chi connectivity index (χ4n) is 3.56. The molecule has 2 heterocycles. The number of likely N-dealkylation sites (tertiary alicyclic amines) is 1. The van der Waals surface area contributed by atoms with Crippen LogP contribution < -0.4 is 5.32 Å². The van der Waals surface area contributed by atoms with Crippen LogP contribution in [0, 0.1) is 0 Å². The molecule has 1 aromatic carbocycles. The molecule has 0 spiro atoms. The van der Waals surface area contributed by atoms with E-state index in [2.05, 4.69) is 11.4 Å². The summed E-state index contributed by atoms with van der Waals surface area (Å²) in [6.07, 6.45) is 2.05. The van der Waals surface area contributed by atoms with Crippen LogP contribution in [-0.4, -0.2) is 65.4 Å². The highest BCUT2D eigenvalue weighted by molar-refractivity contribution is 7.18. The molecule has 0 bridgehead atoms. The summed E-state index contributed by atoms with van der Waals surface area (Å²) in [6, 6.07) is 8.18. The van der Waals surface area contributed by atoms with Gasteiger partial charge in [-0.3, -0.25) is 14.5 Å². The van der Waals surface area contributed by atoms with Crippen LogP contribution in [0.15, 0.2) is 24.3 Å². The Balaban J connectivity index is 1.56. The van der Waals surface area contributed by atoms with Gasteiger partial charge in [0, 0.05) is 24.5 Å². The van der Waals surface area contributed by atoms with Gasteiger partial charge in [0.05, 0.1) is 28.3 Å². The molecule has 0 aliphatic carbocycles. The summed E-state index contributed by atoms with van der Waals surface area (Å²) in [4.78, 5) is 33.3. The Morgan fingerprint density at radius 1 is 1.29 bits per heavy atom. The highest BCUT2D eigenvalue weighted by Crippen LogP contribution is 2.32. The van der Waals surface area contributed by atoms with E-state index >= 15 is 0 Å². The lowest BCUT2D eigenvalue weighted by Crippen LogP contribution is -2.48. The number of piperidine rings is 1. The van der Waals surface area contributed by atoms with E-state index in [1.165, 1.54) is 4.70 Å². The molecule has 7 heteroatoms. The molecule has 0 radical (unpaired) electrons. The number of nitrogens with one attached hydrogen (secondary N) is 1. The van der Waals surface area contributed by atoms with Gasteiger partial charge in [0.2, 0.25) is 11.8 Å². The molecule has 28 heavy (non-hydrogen) atoms. The topological polar surface area (TPSA) is 65.5 Å². The van der Waals surface area contributed by atoms with Crippen molar-refractivity contribution in [1.82, 2.24) is 20.1 Å². The number of likely N-dealkylation sites (N-methyl/N-ethyl adjacent to an activating group) is 1. The lowest BCUT2D eigenvalue weighted by atomic mass is 9.98. The van der Waals surface area contributed by atoms with Crippen molar-refractivity contribution >= 4 is 33.4 Å². The number of rotatable bonds is 5. The number of nitrogens with zero attached hydrogens (tertiary/aromatic N) is 3. The van der Waals surface area contributed by atoms with Crippen molar-refractivity contribution in [1.29, 1.82) is 0 Å². The average Bonchev–Trinajstić information content (AvgIpc) is 3.04. The van der Waals surface area contributed by atoms with Gasteiger partial charge in [-0.05, 0) is 52.8 Å². The second-order valence-corrected chi connectivity index (χ2v) is 9.73. The molecule has 1 aliphatic rings. The highest BCUT2D eigenvalue weighted by Gasteiger charge is 2.27. The summed E-state index contributed by atoms with van der Waals surface area (Å²) in [6.45, 7) is 7.81. The Hall–Kier alpha value is -1.99. The normalized spacial score (nSPS) is 17.9. The maximum Gasteiger partial charge on any atom is 0.236 e. The van der Waals surface area contributed by atoms with Crippen molar-refractivity contribution < 1.29 is 9.59 Å². The smallest absolute Gasteiger partial charge is 0.236 e. The van der Waals surface area contributed by atoms with Crippen molar-refractivity contribution in [3.8, 4) is 0 Å². The minimum absolute atomic E-state index is 0.0613. The van der Waals surface area contributed by atoms with Gasteiger partial charge in [-0.1, -0.05) is 12.1 Å². The van der Waals surface area contributed by atoms with E-state index in [9.17, 15) is 9.59 Å². The Morgan fingerprint density at radius 2 is 2.04 bits per heavy atom. The first-order valence-electron chi connectivity index (χ1n) is 9.84. The van der Waals surface area contributed by atoms with E-state index in [4.69, 9.17) is 4.98 Å². The van der Waals surface area contributed by atoms with Crippen molar-refractivity contribution in [2.24, 2.45) is 0 Å². The van der Waals surface area contributed by atoms with Gasteiger partial charge in [0.1, 0.15) is 0 Å². The summed E-state index contributed by atoms with van der Waals surface area (Å²) in [5.41, 5.74) is 0.773. The van der Waals surface area contributed by atoms with Crippen LogP contribution >= 0.6 is 11.3 Å². The summed E-state index contributed by atoms with van der Waals surface area (Å²) in [7, 11) is 1.81. The van der Waals surface area contributed by atoms with E-state index in [0.29, 0.717) is 12.5 Å². The molecule has 152 valence electrons. The molecule has 1 atom stereocenters. The third-order valence-corrected chi connectivity index (χ3v) is 5.97. The number of fused-ring (bicyclic) bond motifs is 1. The zero-order chi connectivity index (χ0) is 20.3. The van der Waals surface area contributed by atoms with Crippen molar-refractivity contribution in [2.75, 3.05) is 33.2 Å². The number of amides is 2. The Bertz CT molecular complexity index is 809. The second kappa shape index (κ2) is 8.57. The second-order valence-electron chi connectivity index (χ2n) is 8.67. The molecule has 1 aliphatic heterocycles. The van der Waals surface area contributed by atoms with Gasteiger partial charge in [-0.2, -0.15) is 0 Å². The molecule has 2 amide bonds. The van der Waals surface area contributed by atoms with Gasteiger partial charge >= 0.3 is 0 Å². The number of thiazole rings is 1. The number of hydrogen-bond donors (Lipinski definition) is 1. The summed E-state index contributed by atoms with van der Waals surface area (Å²) in [5, 5.41) is 4.05. The number of aromatic nitrogens is 1. The quantitative estimate of drug-likeness (QED) is 0.835. The summed E-state index contributed by atoms with van der Waals surface area (Å²) >= 11 is 1.73. The monoisotopic (exact) mass is 402 g/mol. The number of carbonyl (C=O) groups is 2. The predicted molar refractivity (Wildman–Crippen MR) is 114 cm³/mol. The van der Waals surface area contributed by atoms with Gasteiger partial charge in [-0.25, -0.2) is 4.98 Å². The molecule has 0 saturated carbocycles. The first kappa shape index (κ1) is 20.7. The van der Waals surface area contributed by atoms with Crippen molar-refractivity contribution in [3.63, 3.8) is 0 Å². The highest BCUT2D eigenvalue weighted by atomic mass is 32.1. The van der Waals surface area contributed by atoms with Crippen molar-refractivity contribution in [2.45, 2.75) is 45.1 Å². The van der Waals surface area contributed by atoms with Crippen LogP contribution in [0.4, 0.5) is 0 Å². The van der Waals surface area contributed by atoms with Crippen LogP contribution in [0.5, 0.6) is 0 Å². The Morgan fingerprint density at radius 3 is 2.75 bits per heavy atom. The van der Waals surface area contributed by atoms with Crippen LogP contribution in [0.1, 0.15) is 44.5 Å². The van der Waals surface area contributed by atoms with Gasteiger partial charge < -0.3 is 10.2 Å². The van der Waals surface area contributed by atoms with Gasteiger partial charge in [0.15, 0.2) is 0 Å². The van der Waals surface area contributed by atoms with Crippen LogP contribution in [-0.2, 0) is 9.59 Å². The minimum atomic E-state index is -0.265. The standard InChI is InChI=1S/C21H30N4O2S/c1-21(2,3)23-18(26)13-24(4)14-19(27)25-11-7-8-15(12-25)20-22-16-9-5-6-10-17(16)28-20/h5-6,9-10,15H,7-8,11-14H2,1-4H3,(H,23,26)/t15-/m0/s1. The first-order valence-corrected chi connectivity index (χ1v) is 10.7. The maximum absolute atomic E-state index is 12.8. The molecule has 1 fully saturated rings. The molecule has 1 N–H and O–H groups in total. The molecule has 1 aromatic heterocycles. The van der Waals surface area contributed by atoms with Crippen molar-refractivity contribution in [3.05, 3.63) is 29.3 Å². The third-order valence-electron chi connectivity index (χ3n) is 4.77. The van der Waals surface area contributed by atoms with E-state index in [1.807, 2.05) is 50.9 Å². The average molecular weight is 403 g/mol. The summed E-state index contributed by atoms with van der Waals surface area (Å²) in [5.74, 6) is 0.315. The zero-order valence-electron chi connectivity index (χ0n) is 17.2. The Kier molecular flexibility index (Phi) is 6.35. The largest absolute Gasteiger partial charge is 0.350 e. The molecule has 3 rings (SSSR count). The van der Waals surface area contributed by atoms with Gasteiger partial charge in [0.25, 0.3) is 0 Å². The van der Waals surface area contributed by atoms with E-state index in [-0.39, 0.29) is 30.4 Å². The number of benzene rings is 1. The van der Waals surface area contributed by atoms with Crippen LogP contribution in [0.25, 0.3) is 10.2 Å². The fraction of sp³-hybridized carbons (Fsp3) is 0.571. The Labute approximate surface area is 170 Å². The lowest BCUT2D eigenvalue weighted by Gasteiger charge is -2.33. The maximum atomic E-state index is 12.8. The summed E-state index contributed by atoms with van der Waals surface area (Å²) < 4.78 is 1.20. The molecule has 6 nitrogen and oxygen atoms in total. The minimum Gasteiger partial charge on any atom is -0.350 e. The molecule has 2 aromatic rings. The molecular weight excluding hydrogens is 372 g/mol. The zero-order valence-corrected chi connectivity index (χ0v) is 18.0. The van der Waals surface area contributed by atoms with E-state index < -0.39 is 0 Å². The number of para-hydroxylation sites is 1. The SMILES string of the molecule is CN(CC(=O)NC(C)(C)C)CC(=O)N1CCC[C@H](c2nc3ccccc3s2)C1. The molecular formula is C21H30N4O2S. The van der Waals surface area contributed by atoms with E-state index in [0.717, 1.165) is 29.9 Å². The fourth-order valence-corrected chi connectivity index (χ4v) is 4.65. The van der Waals surface area contributed by atoms with Crippen LogP contribution in [0.3, 0.4) is 0 Å². The third kappa shape index (κ3) is 5.52. The first-order chi connectivity index (χ1) is 13.2. The number of carbonyl (C=O) groups excluding carboxylic acids is 2. The van der Waals surface area contributed by atoms with Crippen LogP contribution in [0.2, 0.25) is 0 Å².